The number of esters is 1. The van der Waals surface area contributed by atoms with Gasteiger partial charge in [-0.25, -0.2) is 4.79 Å². The Morgan fingerprint density at radius 1 is 1.42 bits per heavy atom. The molecule has 0 heterocycles. The van der Waals surface area contributed by atoms with Crippen molar-refractivity contribution >= 4 is 16.1 Å². The second-order valence-corrected chi connectivity index (χ2v) is 5.64. The number of carbonyl (C=O) groups excluding carboxylic acids is 1. The van der Waals surface area contributed by atoms with E-state index in [1.165, 1.54) is 13.0 Å². The highest BCUT2D eigenvalue weighted by Crippen LogP contribution is 2.18. The summed E-state index contributed by atoms with van der Waals surface area (Å²) in [5.74, 6) is -0.527. The topological polar surface area (TPSA) is 80.7 Å². The van der Waals surface area contributed by atoms with Crippen LogP contribution in [0.2, 0.25) is 0 Å². The predicted molar refractivity (Wildman–Crippen MR) is 70.5 cm³/mol. The van der Waals surface area contributed by atoms with Gasteiger partial charge >= 0.3 is 5.97 Å². The molecule has 0 aliphatic heterocycles. The van der Waals surface area contributed by atoms with Gasteiger partial charge in [0.05, 0.1) is 11.5 Å². The molecule has 0 radical (unpaired) electrons. The van der Waals surface area contributed by atoms with Crippen LogP contribution in [0.15, 0.2) is 35.2 Å². The molecule has 0 atom stereocenters. The first-order valence-corrected chi connectivity index (χ1v) is 7.05. The fraction of sp³-hybridized carbons (Fsp3) is 0.308. The van der Waals surface area contributed by atoms with Crippen LogP contribution in [0.3, 0.4) is 0 Å². The van der Waals surface area contributed by atoms with Gasteiger partial charge in [-0.3, -0.25) is 4.55 Å². The Morgan fingerprint density at radius 2 is 2.05 bits per heavy atom. The Labute approximate surface area is 112 Å². The van der Waals surface area contributed by atoms with Crippen molar-refractivity contribution in [1.29, 1.82) is 0 Å². The van der Waals surface area contributed by atoms with Gasteiger partial charge in [0.15, 0.2) is 0 Å². The summed E-state index contributed by atoms with van der Waals surface area (Å²) in [5.41, 5.74) is 1.55. The minimum absolute atomic E-state index is 0.0255. The Balaban J connectivity index is 2.86. The second kappa shape index (κ2) is 5.99. The molecule has 0 saturated carbocycles. The molecule has 0 aliphatic rings. The molecule has 0 fully saturated rings. The van der Waals surface area contributed by atoms with Crippen molar-refractivity contribution in [3.05, 3.63) is 41.5 Å². The van der Waals surface area contributed by atoms with E-state index in [1.807, 2.05) is 0 Å². The maximum atomic E-state index is 11.2. The third kappa shape index (κ3) is 4.50. The van der Waals surface area contributed by atoms with E-state index in [4.69, 9.17) is 9.29 Å². The van der Waals surface area contributed by atoms with E-state index in [1.54, 1.807) is 19.1 Å². The average molecular weight is 284 g/mol. The summed E-state index contributed by atoms with van der Waals surface area (Å²) in [6.07, 6.45) is 0.204. The first-order chi connectivity index (χ1) is 8.71. The smallest absolute Gasteiger partial charge is 0.333 e. The number of hydrogen-bond donors (Lipinski definition) is 1. The summed E-state index contributed by atoms with van der Waals surface area (Å²) in [6, 6.07) is 4.56. The van der Waals surface area contributed by atoms with Crippen molar-refractivity contribution in [2.24, 2.45) is 0 Å². The number of rotatable bonds is 5. The van der Waals surface area contributed by atoms with Crippen LogP contribution in [0, 0.1) is 6.92 Å². The van der Waals surface area contributed by atoms with Crippen molar-refractivity contribution in [2.75, 3.05) is 6.61 Å². The molecule has 0 saturated heterocycles. The van der Waals surface area contributed by atoms with Gasteiger partial charge in [-0.05, 0) is 25.5 Å². The van der Waals surface area contributed by atoms with Gasteiger partial charge in [-0.15, -0.1) is 0 Å². The Bertz CT molecular complexity index is 601. The van der Waals surface area contributed by atoms with E-state index in [9.17, 15) is 13.2 Å². The Hall–Kier alpha value is -1.66. The van der Waals surface area contributed by atoms with Crippen molar-refractivity contribution in [3.8, 4) is 0 Å². The average Bonchev–Trinajstić information content (AvgIpc) is 2.27. The molecule has 0 aromatic heterocycles. The Kier molecular flexibility index (Phi) is 4.85. The van der Waals surface area contributed by atoms with Crippen LogP contribution in [-0.4, -0.2) is 25.5 Å². The molecule has 0 aliphatic carbocycles. The van der Waals surface area contributed by atoms with E-state index in [0.29, 0.717) is 5.56 Å². The van der Waals surface area contributed by atoms with Crippen LogP contribution >= 0.6 is 0 Å². The van der Waals surface area contributed by atoms with Crippen LogP contribution in [0.5, 0.6) is 0 Å². The number of carbonyl (C=O) groups is 1. The molecule has 1 N–H and O–H groups in total. The summed E-state index contributed by atoms with van der Waals surface area (Å²) in [6.45, 7) is 6.80. The van der Waals surface area contributed by atoms with Gasteiger partial charge in [-0.2, -0.15) is 8.42 Å². The lowest BCUT2D eigenvalue weighted by Crippen LogP contribution is -2.10. The molecule has 1 aromatic rings. The lowest BCUT2D eigenvalue weighted by atomic mass is 10.1. The fourth-order valence-electron chi connectivity index (χ4n) is 1.53. The predicted octanol–water partition coefficient (Wildman–Crippen LogP) is 1.90. The van der Waals surface area contributed by atoms with Gasteiger partial charge in [0, 0.05) is 12.0 Å². The van der Waals surface area contributed by atoms with Crippen LogP contribution in [0.1, 0.15) is 18.1 Å². The monoisotopic (exact) mass is 284 g/mol. The highest BCUT2D eigenvalue weighted by Gasteiger charge is 2.15. The molecular weight excluding hydrogens is 268 g/mol. The summed E-state index contributed by atoms with van der Waals surface area (Å²) >= 11 is 0. The molecule has 19 heavy (non-hydrogen) atoms. The van der Waals surface area contributed by atoms with Gasteiger partial charge in [0.25, 0.3) is 10.1 Å². The molecule has 5 nitrogen and oxygen atoms in total. The first kappa shape index (κ1) is 15.4. The lowest BCUT2D eigenvalue weighted by molar-refractivity contribution is -0.138. The van der Waals surface area contributed by atoms with Crippen molar-refractivity contribution in [3.63, 3.8) is 0 Å². The van der Waals surface area contributed by atoms with Crippen LogP contribution in [0.4, 0.5) is 0 Å². The maximum Gasteiger partial charge on any atom is 0.333 e. The van der Waals surface area contributed by atoms with Crippen LogP contribution in [-0.2, 0) is 26.1 Å². The highest BCUT2D eigenvalue weighted by atomic mass is 32.2. The zero-order valence-electron chi connectivity index (χ0n) is 10.8. The van der Waals surface area contributed by atoms with Crippen molar-refractivity contribution in [2.45, 2.75) is 25.2 Å². The number of benzene rings is 1. The molecule has 0 bridgehead atoms. The minimum Gasteiger partial charge on any atom is -0.462 e. The first-order valence-electron chi connectivity index (χ1n) is 5.61. The third-order valence-electron chi connectivity index (χ3n) is 2.45. The fourth-order valence-corrected chi connectivity index (χ4v) is 2.26. The van der Waals surface area contributed by atoms with E-state index < -0.39 is 16.1 Å². The number of ether oxygens (including phenoxy) is 1. The quantitative estimate of drug-likeness (QED) is 0.507. The van der Waals surface area contributed by atoms with E-state index >= 15 is 0 Å². The van der Waals surface area contributed by atoms with Crippen LogP contribution in [0.25, 0.3) is 0 Å². The molecule has 0 unspecified atom stereocenters. The molecule has 6 heteroatoms. The van der Waals surface area contributed by atoms with E-state index in [-0.39, 0.29) is 23.5 Å². The number of hydrogen-bond acceptors (Lipinski definition) is 4. The molecule has 0 spiro atoms. The Morgan fingerprint density at radius 3 is 2.58 bits per heavy atom. The third-order valence-corrected chi connectivity index (χ3v) is 3.40. The number of aryl methyl sites for hydroxylation is 1. The van der Waals surface area contributed by atoms with Gasteiger partial charge in [-0.1, -0.05) is 24.3 Å². The van der Waals surface area contributed by atoms with Crippen LogP contribution < -0.4 is 0 Å². The highest BCUT2D eigenvalue weighted by molar-refractivity contribution is 7.85. The largest absolute Gasteiger partial charge is 0.462 e. The second-order valence-electron chi connectivity index (χ2n) is 4.25. The van der Waals surface area contributed by atoms with Crippen molar-refractivity contribution in [1.82, 2.24) is 0 Å². The molecular formula is C13H16O5S. The molecule has 1 rings (SSSR count). The normalized spacial score (nSPS) is 11.1. The summed E-state index contributed by atoms with van der Waals surface area (Å²) in [7, 11) is -4.28. The van der Waals surface area contributed by atoms with E-state index in [2.05, 4.69) is 6.58 Å². The standard InChI is InChI=1S/C13H16O5S/c1-9(2)13(14)18-7-6-11-8-10(3)4-5-12(11)19(15,16)17/h4-5,8H,1,6-7H2,2-3H3,(H,15,16,17). The van der Waals surface area contributed by atoms with Gasteiger partial charge in [0.1, 0.15) is 0 Å². The van der Waals surface area contributed by atoms with Crippen molar-refractivity contribution < 1.29 is 22.5 Å². The van der Waals surface area contributed by atoms with E-state index in [0.717, 1.165) is 5.56 Å². The molecule has 0 amide bonds. The summed E-state index contributed by atoms with van der Waals surface area (Å²) in [5, 5.41) is 0. The molecule has 104 valence electrons. The minimum atomic E-state index is -4.28. The van der Waals surface area contributed by atoms with Gasteiger partial charge in [0.2, 0.25) is 0 Å². The summed E-state index contributed by atoms with van der Waals surface area (Å²) in [4.78, 5) is 11.0. The zero-order chi connectivity index (χ0) is 14.6. The van der Waals surface area contributed by atoms with Gasteiger partial charge < -0.3 is 4.74 Å². The SMILES string of the molecule is C=C(C)C(=O)OCCc1cc(C)ccc1S(=O)(=O)O. The molecule has 1 aromatic carbocycles. The summed E-state index contributed by atoms with van der Waals surface area (Å²) < 4.78 is 36.4. The lowest BCUT2D eigenvalue weighted by Gasteiger charge is -2.09. The zero-order valence-corrected chi connectivity index (χ0v) is 11.7. The maximum absolute atomic E-state index is 11.2.